The Morgan fingerprint density at radius 3 is 2.23 bits per heavy atom. The van der Waals surface area contributed by atoms with Gasteiger partial charge in [-0.15, -0.1) is 0 Å². The van der Waals surface area contributed by atoms with Crippen LogP contribution in [-0.2, 0) is 11.8 Å². The Bertz CT molecular complexity index is 1560. The van der Waals surface area contributed by atoms with Gasteiger partial charge in [0.2, 0.25) is 0 Å². The molecular weight excluding hydrogens is 573 g/mol. The monoisotopic (exact) mass is 612 g/mol. The minimum Gasteiger partial charge on any atom is -0.372 e. The van der Waals surface area contributed by atoms with E-state index in [0.717, 1.165) is 22.6 Å². The third-order valence-corrected chi connectivity index (χ3v) is 8.58. The molecule has 12 heteroatoms. The summed E-state index contributed by atoms with van der Waals surface area (Å²) in [6.45, 7) is 10.6. The molecule has 2 aliphatic rings. The molecule has 1 amide bonds. The zero-order valence-electron chi connectivity index (χ0n) is 25.9. The zero-order chi connectivity index (χ0) is 31.9. The van der Waals surface area contributed by atoms with Gasteiger partial charge in [0.25, 0.3) is 17.9 Å². The summed E-state index contributed by atoms with van der Waals surface area (Å²) < 4.78 is 50.5. The van der Waals surface area contributed by atoms with Crippen LogP contribution in [0.1, 0.15) is 50.0 Å². The van der Waals surface area contributed by atoms with Gasteiger partial charge in [-0.05, 0) is 59.0 Å². The van der Waals surface area contributed by atoms with Crippen LogP contribution in [0.3, 0.4) is 0 Å². The molecule has 0 spiro atoms. The van der Waals surface area contributed by atoms with Gasteiger partial charge in [-0.1, -0.05) is 0 Å². The lowest BCUT2D eigenvalue weighted by Crippen LogP contribution is -2.55. The van der Waals surface area contributed by atoms with E-state index in [-0.39, 0.29) is 41.1 Å². The highest BCUT2D eigenvalue weighted by molar-refractivity contribution is 6.07. The summed E-state index contributed by atoms with van der Waals surface area (Å²) in [5.74, 6) is -0.583. The predicted octanol–water partition coefficient (Wildman–Crippen LogP) is 4.92. The Morgan fingerprint density at radius 1 is 0.977 bits per heavy atom. The number of alkyl halides is 2. The second-order valence-corrected chi connectivity index (χ2v) is 12.0. The fourth-order valence-electron chi connectivity index (χ4n) is 6.05. The smallest absolute Gasteiger partial charge is 0.264 e. The van der Waals surface area contributed by atoms with Crippen LogP contribution in [0.2, 0.25) is 0 Å². The first-order valence-corrected chi connectivity index (χ1v) is 14.8. The number of aromatic nitrogens is 2. The first-order chi connectivity index (χ1) is 20.8. The number of rotatable bonds is 6. The second kappa shape index (κ2) is 12.6. The van der Waals surface area contributed by atoms with E-state index in [0.29, 0.717) is 37.4 Å². The number of morpholine rings is 1. The number of ether oxygens (including phenoxy) is 1. The Hall–Kier alpha value is -3.90. The molecular formula is C32H39F3N6O3. The second-order valence-electron chi connectivity index (χ2n) is 12.0. The molecule has 4 heterocycles. The number of hydrogen-bond acceptors (Lipinski definition) is 7. The summed E-state index contributed by atoms with van der Waals surface area (Å²) in [7, 11) is 3.41. The molecule has 0 bridgehead atoms. The number of nitrogens with one attached hydrogen (secondary N) is 1. The highest BCUT2D eigenvalue weighted by Crippen LogP contribution is 2.37. The van der Waals surface area contributed by atoms with E-state index in [1.165, 1.54) is 19.2 Å². The summed E-state index contributed by atoms with van der Waals surface area (Å²) in [5, 5.41) is 2.77. The third kappa shape index (κ3) is 6.46. The van der Waals surface area contributed by atoms with Crippen LogP contribution in [0.5, 0.6) is 0 Å². The standard InChI is InChI=1S/C32H39F3N6O3/c1-18-13-40(14-19(2)39(18)6)28-11-26(33)23(22-7-8-29(36-12-22)41-15-20(3)44-21(4)16-41)9-27(28)37-32(43)25-17-38(5)30(42)10-24(25)31(34)35/h7-12,17-21,31H,13-16H2,1-6H3,(H,37,43). The number of aryl methyl sites for hydroxylation is 1. The van der Waals surface area contributed by atoms with E-state index in [1.54, 1.807) is 12.3 Å². The molecule has 3 aromatic rings. The van der Waals surface area contributed by atoms with Gasteiger partial charge >= 0.3 is 0 Å². The number of nitrogens with zero attached hydrogens (tertiary/aromatic N) is 5. The van der Waals surface area contributed by atoms with Crippen molar-refractivity contribution in [1.82, 2.24) is 14.5 Å². The van der Waals surface area contributed by atoms with Crippen molar-refractivity contribution in [3.63, 3.8) is 0 Å². The molecule has 2 fully saturated rings. The predicted molar refractivity (Wildman–Crippen MR) is 165 cm³/mol. The number of benzene rings is 1. The fourth-order valence-corrected chi connectivity index (χ4v) is 6.05. The van der Waals surface area contributed by atoms with Crippen molar-refractivity contribution < 1.29 is 22.7 Å². The molecule has 0 radical (unpaired) electrons. The number of carbonyl (C=O) groups excluding carboxylic acids is 1. The molecule has 5 rings (SSSR count). The molecule has 1 N–H and O–H groups in total. The fraction of sp³-hybridized carbons (Fsp3) is 0.469. The van der Waals surface area contributed by atoms with Gasteiger partial charge in [0.05, 0.1) is 29.1 Å². The van der Waals surface area contributed by atoms with E-state index in [9.17, 15) is 18.4 Å². The molecule has 4 atom stereocenters. The summed E-state index contributed by atoms with van der Waals surface area (Å²) in [4.78, 5) is 36.5. The lowest BCUT2D eigenvalue weighted by atomic mass is 10.0. The van der Waals surface area contributed by atoms with Crippen molar-refractivity contribution in [2.24, 2.45) is 7.05 Å². The number of carbonyl (C=O) groups is 1. The van der Waals surface area contributed by atoms with Crippen LogP contribution in [-0.4, -0.2) is 77.9 Å². The van der Waals surface area contributed by atoms with Crippen molar-refractivity contribution in [1.29, 1.82) is 0 Å². The highest BCUT2D eigenvalue weighted by Gasteiger charge is 2.30. The van der Waals surface area contributed by atoms with Crippen LogP contribution in [0, 0.1) is 5.82 Å². The van der Waals surface area contributed by atoms with Gasteiger partial charge in [-0.25, -0.2) is 18.2 Å². The van der Waals surface area contributed by atoms with E-state index in [4.69, 9.17) is 4.74 Å². The number of piperazine rings is 1. The molecule has 1 aromatic carbocycles. The van der Waals surface area contributed by atoms with Gasteiger partial charge < -0.3 is 24.4 Å². The van der Waals surface area contributed by atoms with E-state index in [1.807, 2.05) is 31.9 Å². The van der Waals surface area contributed by atoms with Crippen LogP contribution in [0.4, 0.5) is 30.4 Å². The van der Waals surface area contributed by atoms with Gasteiger partial charge in [0.15, 0.2) is 0 Å². The summed E-state index contributed by atoms with van der Waals surface area (Å²) >= 11 is 0. The number of likely N-dealkylation sites (N-methyl/N-ethyl adjacent to an activating group) is 1. The maximum absolute atomic E-state index is 15.9. The largest absolute Gasteiger partial charge is 0.372 e. The minimum atomic E-state index is -3.03. The van der Waals surface area contributed by atoms with E-state index < -0.39 is 29.3 Å². The quantitative estimate of drug-likeness (QED) is 0.423. The number of pyridine rings is 2. The maximum Gasteiger partial charge on any atom is 0.264 e. The number of anilines is 3. The van der Waals surface area contributed by atoms with Gasteiger partial charge in [0.1, 0.15) is 11.6 Å². The molecule has 9 nitrogen and oxygen atoms in total. The minimum absolute atomic E-state index is 0.0500. The summed E-state index contributed by atoms with van der Waals surface area (Å²) in [6, 6.07) is 7.56. The molecule has 0 aliphatic carbocycles. The molecule has 0 saturated carbocycles. The van der Waals surface area contributed by atoms with Crippen LogP contribution >= 0.6 is 0 Å². The van der Waals surface area contributed by atoms with E-state index in [2.05, 4.69) is 33.9 Å². The van der Waals surface area contributed by atoms with Crippen LogP contribution in [0.15, 0.2) is 47.5 Å². The Labute approximate surface area is 255 Å². The number of halogens is 3. The van der Waals surface area contributed by atoms with E-state index >= 15 is 4.39 Å². The normalized spacial score (nSPS) is 22.9. The first kappa shape index (κ1) is 31.5. The highest BCUT2D eigenvalue weighted by atomic mass is 19.3. The third-order valence-electron chi connectivity index (χ3n) is 8.58. The Kier molecular flexibility index (Phi) is 9.03. The first-order valence-electron chi connectivity index (χ1n) is 14.8. The molecule has 2 aliphatic heterocycles. The molecule has 44 heavy (non-hydrogen) atoms. The average molecular weight is 613 g/mol. The van der Waals surface area contributed by atoms with Gasteiger partial charge in [0, 0.05) is 80.5 Å². The van der Waals surface area contributed by atoms with Gasteiger partial charge in [-0.3, -0.25) is 14.5 Å². The van der Waals surface area contributed by atoms with Crippen molar-refractivity contribution in [2.45, 2.75) is 58.4 Å². The SMILES string of the molecule is CC1CN(c2ccc(-c3cc(NC(=O)c4cn(C)c(=O)cc4C(F)F)c(N4CC(C)N(C)C(C)C4)cc3F)cn2)CC(C)O1. The number of hydrogen-bond donors (Lipinski definition) is 1. The summed E-state index contributed by atoms with van der Waals surface area (Å²) in [6.07, 6.45) is -0.248. The lowest BCUT2D eigenvalue weighted by molar-refractivity contribution is -0.00546. The zero-order valence-corrected chi connectivity index (χ0v) is 25.9. The molecule has 236 valence electrons. The summed E-state index contributed by atoms with van der Waals surface area (Å²) in [5.41, 5.74) is -0.240. The molecule has 2 aromatic heterocycles. The van der Waals surface area contributed by atoms with Crippen molar-refractivity contribution in [3.05, 3.63) is 70.0 Å². The van der Waals surface area contributed by atoms with Crippen LogP contribution < -0.4 is 20.7 Å². The van der Waals surface area contributed by atoms with Crippen molar-refractivity contribution in [2.75, 3.05) is 48.3 Å². The number of amides is 1. The molecule has 2 saturated heterocycles. The Morgan fingerprint density at radius 2 is 1.64 bits per heavy atom. The maximum atomic E-state index is 15.9. The topological polar surface area (TPSA) is 82.9 Å². The van der Waals surface area contributed by atoms with Crippen molar-refractivity contribution >= 4 is 23.1 Å². The average Bonchev–Trinajstić information content (AvgIpc) is 2.97. The van der Waals surface area contributed by atoms with Gasteiger partial charge in [-0.2, -0.15) is 0 Å². The Balaban J connectivity index is 1.54. The molecule has 4 unspecified atom stereocenters. The lowest BCUT2D eigenvalue weighted by Gasteiger charge is -2.44. The van der Waals surface area contributed by atoms with Crippen LogP contribution in [0.25, 0.3) is 11.1 Å². The van der Waals surface area contributed by atoms with Crippen molar-refractivity contribution in [3.8, 4) is 11.1 Å².